The van der Waals surface area contributed by atoms with Gasteiger partial charge in [-0.05, 0) is 48.4 Å². The van der Waals surface area contributed by atoms with E-state index >= 15 is 0 Å². The number of hydrogen-bond donors (Lipinski definition) is 4. The smallest absolute Gasteiger partial charge is 0.370 e. The van der Waals surface area contributed by atoms with Crippen molar-refractivity contribution in [1.29, 1.82) is 0 Å². The van der Waals surface area contributed by atoms with Crippen molar-refractivity contribution in [3.8, 4) is 0 Å². The van der Waals surface area contributed by atoms with Crippen LogP contribution < -0.4 is 22.1 Å². The van der Waals surface area contributed by atoms with Crippen LogP contribution in [0.1, 0.15) is 59.3 Å². The number of rotatable bonds is 10. The lowest BCUT2D eigenvalue weighted by atomic mass is 9.98. The zero-order chi connectivity index (χ0) is 28.0. The van der Waals surface area contributed by atoms with E-state index in [4.69, 9.17) is 11.5 Å². The summed E-state index contributed by atoms with van der Waals surface area (Å²) in [5.74, 6) is -3.24. The van der Waals surface area contributed by atoms with Crippen LogP contribution in [0.5, 0.6) is 0 Å². The molecule has 6 N–H and O–H groups in total. The van der Waals surface area contributed by atoms with Gasteiger partial charge in [0.05, 0.1) is 23.8 Å². The van der Waals surface area contributed by atoms with Gasteiger partial charge in [0.2, 0.25) is 5.91 Å². The summed E-state index contributed by atoms with van der Waals surface area (Å²) in [6.45, 7) is 1.19. The maximum absolute atomic E-state index is 13.9. The van der Waals surface area contributed by atoms with Crippen LogP contribution >= 0.6 is 9.24 Å². The van der Waals surface area contributed by atoms with Crippen LogP contribution in [0.4, 0.5) is 32.0 Å². The first-order valence-corrected chi connectivity index (χ1v) is 11.5. The molecule has 2 amide bonds. The maximum Gasteiger partial charge on any atom is 0.416 e. The highest BCUT2D eigenvalue weighted by Crippen LogP contribution is 2.37. The monoisotopic (exact) mass is 549 g/mol. The molecule has 2 unspecified atom stereocenters. The first-order valence-electron chi connectivity index (χ1n) is 11.0. The highest BCUT2D eigenvalue weighted by Gasteiger charge is 2.32. The van der Waals surface area contributed by atoms with Crippen molar-refractivity contribution in [2.45, 2.75) is 44.1 Å². The first kappa shape index (κ1) is 29.9. The molecule has 0 heterocycles. The summed E-state index contributed by atoms with van der Waals surface area (Å²) in [5, 5.41) is 4.74. The van der Waals surface area contributed by atoms with Crippen LogP contribution in [0.3, 0.4) is 0 Å². The molecule has 0 bridgehead atoms. The average Bonchev–Trinajstić information content (AvgIpc) is 2.78. The van der Waals surface area contributed by atoms with Gasteiger partial charge in [0, 0.05) is 11.1 Å². The fourth-order valence-electron chi connectivity index (χ4n) is 3.36. The molecular formula is C23H26F6N5O2P. The standard InChI is InChI=1S/C23H26F6N5O2P/c1-2-3-4-18(12-5-14(22(25,26)27)9-16(24)7-12)34-19(35)11-32-20(36)13-6-15(23(28,29)37)10-17(8-13)33-21(30)31/h5-10,18H,2-4,11,37H2,1H3,(H,32,36)(H,34,35)(H4,30,31,33). The normalized spacial score (nSPS) is 12.5. The summed E-state index contributed by atoms with van der Waals surface area (Å²) >= 11 is 0. The molecule has 2 aromatic carbocycles. The van der Waals surface area contributed by atoms with E-state index in [0.717, 1.165) is 30.3 Å². The fourth-order valence-corrected chi connectivity index (χ4v) is 3.53. The Morgan fingerprint density at radius 2 is 1.70 bits per heavy atom. The van der Waals surface area contributed by atoms with E-state index in [1.54, 1.807) is 0 Å². The van der Waals surface area contributed by atoms with Crippen LogP contribution in [0.25, 0.3) is 0 Å². The van der Waals surface area contributed by atoms with Crippen molar-refractivity contribution >= 4 is 32.7 Å². The number of amides is 2. The van der Waals surface area contributed by atoms with Gasteiger partial charge < -0.3 is 22.1 Å². The first-order chi connectivity index (χ1) is 17.1. The van der Waals surface area contributed by atoms with Crippen LogP contribution in [-0.4, -0.2) is 24.3 Å². The molecule has 0 fully saturated rings. The molecule has 0 saturated carbocycles. The van der Waals surface area contributed by atoms with E-state index < -0.39 is 59.1 Å². The molecule has 37 heavy (non-hydrogen) atoms. The van der Waals surface area contributed by atoms with Gasteiger partial charge >= 0.3 is 6.18 Å². The Labute approximate surface area is 211 Å². The number of benzene rings is 2. The van der Waals surface area contributed by atoms with Crippen LogP contribution in [0.2, 0.25) is 0 Å². The third kappa shape index (κ3) is 9.23. The third-order valence-corrected chi connectivity index (χ3v) is 5.40. The largest absolute Gasteiger partial charge is 0.416 e. The lowest BCUT2D eigenvalue weighted by Crippen LogP contribution is -2.38. The Morgan fingerprint density at radius 1 is 1.03 bits per heavy atom. The minimum absolute atomic E-state index is 0.0855. The van der Waals surface area contributed by atoms with E-state index in [0.29, 0.717) is 18.9 Å². The van der Waals surface area contributed by atoms with Gasteiger partial charge in [0.25, 0.3) is 11.6 Å². The topological polar surface area (TPSA) is 123 Å². The predicted octanol–water partition coefficient (Wildman–Crippen LogP) is 4.45. The Bertz CT molecular complexity index is 1160. The zero-order valence-corrected chi connectivity index (χ0v) is 20.8. The number of hydrogen-bond acceptors (Lipinski definition) is 3. The molecule has 0 aliphatic carbocycles. The predicted molar refractivity (Wildman–Crippen MR) is 130 cm³/mol. The SMILES string of the molecule is CCCCC(NC(=O)CNC(=O)c1cc(N=C(N)N)cc(C(F)(F)P)c1)c1cc(F)cc(C(F)(F)F)c1. The Kier molecular flexibility index (Phi) is 9.91. The van der Waals surface area contributed by atoms with E-state index in [2.05, 4.69) is 15.6 Å². The summed E-state index contributed by atoms with van der Waals surface area (Å²) in [6, 6.07) is 4.03. The second-order valence-electron chi connectivity index (χ2n) is 8.14. The minimum atomic E-state index is -4.79. The van der Waals surface area contributed by atoms with Crippen molar-refractivity contribution < 1.29 is 35.9 Å². The summed E-state index contributed by atoms with van der Waals surface area (Å²) in [6.07, 6.45) is -3.41. The molecular weight excluding hydrogens is 523 g/mol. The molecule has 0 aliphatic heterocycles. The number of nitrogens with zero attached hydrogens (tertiary/aromatic N) is 1. The molecule has 14 heteroatoms. The quantitative estimate of drug-likeness (QED) is 0.151. The minimum Gasteiger partial charge on any atom is -0.370 e. The highest BCUT2D eigenvalue weighted by atomic mass is 31.0. The number of unbranched alkanes of at least 4 members (excludes halogenated alkanes) is 1. The summed E-state index contributed by atoms with van der Waals surface area (Å²) in [7, 11) is 1.31. The molecule has 2 aromatic rings. The Morgan fingerprint density at radius 3 is 2.27 bits per heavy atom. The fraction of sp³-hybridized carbons (Fsp3) is 0.348. The van der Waals surface area contributed by atoms with Crippen molar-refractivity contribution in [2.24, 2.45) is 16.5 Å². The highest BCUT2D eigenvalue weighted by molar-refractivity contribution is 7.17. The van der Waals surface area contributed by atoms with Gasteiger partial charge in [0.15, 0.2) is 5.96 Å². The van der Waals surface area contributed by atoms with Gasteiger partial charge in [0.1, 0.15) is 5.82 Å². The van der Waals surface area contributed by atoms with Crippen LogP contribution in [-0.2, 0) is 16.6 Å². The molecule has 2 atom stereocenters. The number of halogens is 6. The number of nitrogens with two attached hydrogens (primary N) is 2. The summed E-state index contributed by atoms with van der Waals surface area (Å²) in [5.41, 5.74) is 4.88. The van der Waals surface area contributed by atoms with Gasteiger partial charge in [-0.1, -0.05) is 29.0 Å². The number of alkyl halides is 5. The number of carbonyl (C=O) groups is 2. The van der Waals surface area contributed by atoms with Crippen molar-refractivity contribution in [3.05, 3.63) is 64.5 Å². The third-order valence-electron chi connectivity index (χ3n) is 5.06. The molecule has 202 valence electrons. The number of guanidine groups is 1. The van der Waals surface area contributed by atoms with Crippen LogP contribution in [0.15, 0.2) is 41.4 Å². The molecule has 0 radical (unpaired) electrons. The maximum atomic E-state index is 13.9. The zero-order valence-electron chi connectivity index (χ0n) is 19.6. The number of carbonyl (C=O) groups excluding carboxylic acids is 2. The van der Waals surface area contributed by atoms with E-state index in [1.165, 1.54) is 9.24 Å². The lowest BCUT2D eigenvalue weighted by Gasteiger charge is -2.21. The van der Waals surface area contributed by atoms with E-state index in [-0.39, 0.29) is 23.2 Å². The average molecular weight is 549 g/mol. The molecule has 2 rings (SSSR count). The van der Waals surface area contributed by atoms with Crippen LogP contribution in [0, 0.1) is 5.82 Å². The van der Waals surface area contributed by atoms with Crippen molar-refractivity contribution in [3.63, 3.8) is 0 Å². The van der Waals surface area contributed by atoms with Gasteiger partial charge in [-0.25, -0.2) is 9.38 Å². The Hall–Kier alpha value is -3.34. The molecule has 0 aromatic heterocycles. The van der Waals surface area contributed by atoms with Crippen molar-refractivity contribution in [2.75, 3.05) is 6.54 Å². The Balaban J connectivity index is 2.20. The van der Waals surface area contributed by atoms with Crippen molar-refractivity contribution in [1.82, 2.24) is 10.6 Å². The second kappa shape index (κ2) is 12.3. The summed E-state index contributed by atoms with van der Waals surface area (Å²) in [4.78, 5) is 28.7. The van der Waals surface area contributed by atoms with Gasteiger partial charge in [-0.3, -0.25) is 9.59 Å². The molecule has 0 aliphatic rings. The lowest BCUT2D eigenvalue weighted by molar-refractivity contribution is -0.137. The van der Waals surface area contributed by atoms with Gasteiger partial charge in [-0.2, -0.15) is 22.0 Å². The van der Waals surface area contributed by atoms with Gasteiger partial charge in [-0.15, -0.1) is 0 Å². The van der Waals surface area contributed by atoms with E-state index in [9.17, 15) is 35.9 Å². The second-order valence-corrected chi connectivity index (χ2v) is 8.87. The molecule has 0 saturated heterocycles. The molecule has 0 spiro atoms. The number of aliphatic imine (C=N–C) groups is 1. The molecule has 7 nitrogen and oxygen atoms in total. The number of nitrogens with one attached hydrogen (secondary N) is 2. The van der Waals surface area contributed by atoms with E-state index in [1.807, 2.05) is 6.92 Å². The summed E-state index contributed by atoms with van der Waals surface area (Å²) < 4.78 is 80.9.